The highest BCUT2D eigenvalue weighted by Crippen LogP contribution is 2.30. The quantitative estimate of drug-likeness (QED) is 0.675. The second kappa shape index (κ2) is 4.21. The standard InChI is InChI=1S/C10H14O3/c1-2-9(11)7-5-3-4-6-8(7)10(12)13/h2,7-8H,1,3-6H2,(H,12,13)/t7-,8-/m0/s1. The van der Waals surface area contributed by atoms with Crippen LogP contribution < -0.4 is 0 Å². The number of allylic oxidation sites excluding steroid dienone is 1. The summed E-state index contributed by atoms with van der Waals surface area (Å²) in [5.74, 6) is -1.78. The van der Waals surface area contributed by atoms with E-state index in [1.165, 1.54) is 6.08 Å². The Morgan fingerprint density at radius 3 is 2.23 bits per heavy atom. The molecule has 0 aliphatic heterocycles. The molecule has 2 atom stereocenters. The van der Waals surface area contributed by atoms with Gasteiger partial charge in [-0.1, -0.05) is 19.4 Å². The SMILES string of the molecule is C=CC(=O)[C@H]1CCCC[C@@H]1C(=O)O. The minimum atomic E-state index is -0.847. The molecular formula is C10H14O3. The van der Waals surface area contributed by atoms with Crippen molar-refractivity contribution in [2.75, 3.05) is 0 Å². The van der Waals surface area contributed by atoms with Crippen molar-refractivity contribution >= 4 is 11.8 Å². The van der Waals surface area contributed by atoms with E-state index in [1.807, 2.05) is 0 Å². The Kier molecular flexibility index (Phi) is 3.23. The predicted molar refractivity (Wildman–Crippen MR) is 48.3 cm³/mol. The first-order valence-electron chi connectivity index (χ1n) is 4.56. The van der Waals surface area contributed by atoms with E-state index < -0.39 is 11.9 Å². The first kappa shape index (κ1) is 9.96. The van der Waals surface area contributed by atoms with Gasteiger partial charge in [-0.3, -0.25) is 9.59 Å². The number of carbonyl (C=O) groups excluding carboxylic acids is 1. The van der Waals surface area contributed by atoms with Crippen molar-refractivity contribution in [3.63, 3.8) is 0 Å². The molecule has 72 valence electrons. The first-order valence-corrected chi connectivity index (χ1v) is 4.56. The summed E-state index contributed by atoms with van der Waals surface area (Å²) in [4.78, 5) is 22.1. The third-order valence-electron chi connectivity index (χ3n) is 2.65. The molecule has 0 aromatic carbocycles. The second-order valence-corrected chi connectivity index (χ2v) is 3.44. The molecule has 0 heterocycles. The van der Waals surface area contributed by atoms with E-state index in [0.29, 0.717) is 12.8 Å². The summed E-state index contributed by atoms with van der Waals surface area (Å²) in [6.07, 6.45) is 4.43. The lowest BCUT2D eigenvalue weighted by atomic mass is 9.77. The van der Waals surface area contributed by atoms with Crippen LogP contribution in [0.4, 0.5) is 0 Å². The molecule has 0 spiro atoms. The Balaban J connectivity index is 2.72. The normalized spacial score (nSPS) is 28.0. The molecule has 1 aliphatic carbocycles. The van der Waals surface area contributed by atoms with Crippen LogP contribution in [-0.4, -0.2) is 16.9 Å². The van der Waals surface area contributed by atoms with Crippen LogP contribution in [0.2, 0.25) is 0 Å². The van der Waals surface area contributed by atoms with Gasteiger partial charge in [0.25, 0.3) is 0 Å². The van der Waals surface area contributed by atoms with Gasteiger partial charge < -0.3 is 5.11 Å². The van der Waals surface area contributed by atoms with Gasteiger partial charge in [0.2, 0.25) is 0 Å². The van der Waals surface area contributed by atoms with Crippen molar-refractivity contribution in [3.05, 3.63) is 12.7 Å². The van der Waals surface area contributed by atoms with Gasteiger partial charge in [-0.25, -0.2) is 0 Å². The highest BCUT2D eigenvalue weighted by Gasteiger charge is 2.34. The number of carbonyl (C=O) groups is 2. The van der Waals surface area contributed by atoms with Crippen LogP contribution in [-0.2, 0) is 9.59 Å². The fourth-order valence-corrected chi connectivity index (χ4v) is 1.92. The molecule has 0 saturated heterocycles. The van der Waals surface area contributed by atoms with Crippen molar-refractivity contribution in [2.24, 2.45) is 11.8 Å². The lowest BCUT2D eigenvalue weighted by Gasteiger charge is -2.26. The van der Waals surface area contributed by atoms with E-state index in [1.54, 1.807) is 0 Å². The number of carboxylic acids is 1. The van der Waals surface area contributed by atoms with Crippen LogP contribution >= 0.6 is 0 Å². The summed E-state index contributed by atoms with van der Waals surface area (Å²) in [6, 6.07) is 0. The zero-order valence-electron chi connectivity index (χ0n) is 7.53. The third-order valence-corrected chi connectivity index (χ3v) is 2.65. The van der Waals surface area contributed by atoms with E-state index in [4.69, 9.17) is 5.11 Å². The van der Waals surface area contributed by atoms with Crippen molar-refractivity contribution in [1.82, 2.24) is 0 Å². The molecule has 0 aromatic heterocycles. The maximum Gasteiger partial charge on any atom is 0.307 e. The second-order valence-electron chi connectivity index (χ2n) is 3.44. The summed E-state index contributed by atoms with van der Waals surface area (Å²) in [5.41, 5.74) is 0. The summed E-state index contributed by atoms with van der Waals surface area (Å²) >= 11 is 0. The fourth-order valence-electron chi connectivity index (χ4n) is 1.92. The molecule has 1 aliphatic rings. The molecule has 0 amide bonds. The monoisotopic (exact) mass is 182 g/mol. The lowest BCUT2D eigenvalue weighted by Crippen LogP contribution is -2.31. The van der Waals surface area contributed by atoms with Crippen LogP contribution in [0, 0.1) is 11.8 Å². The number of ketones is 1. The Morgan fingerprint density at radius 2 is 1.77 bits per heavy atom. The van der Waals surface area contributed by atoms with Crippen molar-refractivity contribution in [3.8, 4) is 0 Å². The van der Waals surface area contributed by atoms with E-state index in [9.17, 15) is 9.59 Å². The molecule has 0 unspecified atom stereocenters. The number of carboxylic acid groups (broad SMARTS) is 1. The van der Waals surface area contributed by atoms with Crippen LogP contribution in [0.3, 0.4) is 0 Å². The minimum absolute atomic E-state index is 0.118. The zero-order chi connectivity index (χ0) is 9.84. The van der Waals surface area contributed by atoms with Gasteiger partial charge in [0.15, 0.2) is 5.78 Å². The third kappa shape index (κ3) is 2.17. The average molecular weight is 182 g/mol. The molecule has 13 heavy (non-hydrogen) atoms. The number of hydrogen-bond acceptors (Lipinski definition) is 2. The van der Waals surface area contributed by atoms with Crippen molar-refractivity contribution < 1.29 is 14.7 Å². The van der Waals surface area contributed by atoms with E-state index >= 15 is 0 Å². The molecule has 1 fully saturated rings. The highest BCUT2D eigenvalue weighted by atomic mass is 16.4. The molecular weight excluding hydrogens is 168 g/mol. The zero-order valence-corrected chi connectivity index (χ0v) is 7.53. The summed E-state index contributed by atoms with van der Waals surface area (Å²) in [7, 11) is 0. The van der Waals surface area contributed by atoms with Crippen LogP contribution in [0.5, 0.6) is 0 Å². The van der Waals surface area contributed by atoms with Gasteiger partial charge in [-0.15, -0.1) is 0 Å². The van der Waals surface area contributed by atoms with Crippen molar-refractivity contribution in [1.29, 1.82) is 0 Å². The minimum Gasteiger partial charge on any atom is -0.481 e. The Hall–Kier alpha value is -1.12. The van der Waals surface area contributed by atoms with Crippen LogP contribution in [0.15, 0.2) is 12.7 Å². The molecule has 3 heteroatoms. The summed E-state index contributed by atoms with van der Waals surface area (Å²) < 4.78 is 0. The van der Waals surface area contributed by atoms with Gasteiger partial charge in [0, 0.05) is 5.92 Å². The summed E-state index contributed by atoms with van der Waals surface area (Å²) in [6.45, 7) is 3.39. The maximum atomic E-state index is 11.3. The Labute approximate surface area is 77.4 Å². The van der Waals surface area contributed by atoms with Gasteiger partial charge in [0.1, 0.15) is 0 Å². The Bertz CT molecular complexity index is 232. The molecule has 0 radical (unpaired) electrons. The molecule has 1 rings (SSSR count). The predicted octanol–water partition coefficient (Wildman–Crippen LogP) is 1.63. The van der Waals surface area contributed by atoms with Gasteiger partial charge in [0.05, 0.1) is 5.92 Å². The van der Waals surface area contributed by atoms with E-state index in [-0.39, 0.29) is 11.7 Å². The number of rotatable bonds is 3. The molecule has 0 bridgehead atoms. The topological polar surface area (TPSA) is 54.4 Å². The smallest absolute Gasteiger partial charge is 0.307 e. The van der Waals surface area contributed by atoms with E-state index in [0.717, 1.165) is 12.8 Å². The van der Waals surface area contributed by atoms with Crippen LogP contribution in [0.25, 0.3) is 0 Å². The number of aliphatic carboxylic acids is 1. The first-order chi connectivity index (χ1) is 6.16. The summed E-state index contributed by atoms with van der Waals surface area (Å²) in [5, 5.41) is 8.87. The van der Waals surface area contributed by atoms with Gasteiger partial charge in [-0.05, 0) is 18.9 Å². The largest absolute Gasteiger partial charge is 0.481 e. The fraction of sp³-hybridized carbons (Fsp3) is 0.600. The molecule has 3 nitrogen and oxygen atoms in total. The number of hydrogen-bond donors (Lipinski definition) is 1. The molecule has 1 N–H and O–H groups in total. The average Bonchev–Trinajstić information content (AvgIpc) is 2.16. The Morgan fingerprint density at radius 1 is 1.23 bits per heavy atom. The molecule has 1 saturated carbocycles. The van der Waals surface area contributed by atoms with Gasteiger partial charge in [-0.2, -0.15) is 0 Å². The van der Waals surface area contributed by atoms with Gasteiger partial charge >= 0.3 is 5.97 Å². The van der Waals surface area contributed by atoms with Crippen molar-refractivity contribution in [2.45, 2.75) is 25.7 Å². The maximum absolute atomic E-state index is 11.3. The highest BCUT2D eigenvalue weighted by molar-refractivity contribution is 5.94. The molecule has 0 aromatic rings. The van der Waals surface area contributed by atoms with Crippen LogP contribution in [0.1, 0.15) is 25.7 Å². The lowest BCUT2D eigenvalue weighted by molar-refractivity contribution is -0.147. The van der Waals surface area contributed by atoms with E-state index in [2.05, 4.69) is 6.58 Å².